The molecule has 0 aliphatic carbocycles. The Balaban J connectivity index is 2.23. The summed E-state index contributed by atoms with van der Waals surface area (Å²) < 4.78 is 0.970. The Labute approximate surface area is 125 Å². The molecule has 98 valence electrons. The molecule has 2 nitrogen and oxygen atoms in total. The second kappa shape index (κ2) is 5.76. The minimum atomic E-state index is -0.134. The number of aryl methyl sites for hydroxylation is 2. The summed E-state index contributed by atoms with van der Waals surface area (Å²) in [4.78, 5) is 12.2. The van der Waals surface area contributed by atoms with Gasteiger partial charge in [0.15, 0.2) is 0 Å². The first-order chi connectivity index (χ1) is 8.97. The van der Waals surface area contributed by atoms with E-state index in [1.165, 1.54) is 0 Å². The van der Waals surface area contributed by atoms with E-state index < -0.39 is 0 Å². The molecule has 0 saturated heterocycles. The molecule has 1 N–H and O–H groups in total. The average Bonchev–Trinajstić information content (AvgIpc) is 2.33. The van der Waals surface area contributed by atoms with Crippen molar-refractivity contribution in [2.24, 2.45) is 0 Å². The van der Waals surface area contributed by atoms with Crippen LogP contribution in [0.3, 0.4) is 0 Å². The van der Waals surface area contributed by atoms with E-state index in [9.17, 15) is 4.79 Å². The molecule has 0 radical (unpaired) electrons. The van der Waals surface area contributed by atoms with Gasteiger partial charge in [-0.2, -0.15) is 0 Å². The molecular formula is C15H13BrClNO. The second-order valence-electron chi connectivity index (χ2n) is 4.38. The number of anilines is 1. The van der Waals surface area contributed by atoms with Gasteiger partial charge in [0.05, 0.1) is 0 Å². The van der Waals surface area contributed by atoms with Crippen LogP contribution in [0.1, 0.15) is 21.5 Å². The molecule has 0 aromatic heterocycles. The number of amides is 1. The van der Waals surface area contributed by atoms with E-state index in [0.29, 0.717) is 10.6 Å². The summed E-state index contributed by atoms with van der Waals surface area (Å²) in [5.41, 5.74) is 3.37. The minimum absolute atomic E-state index is 0.134. The summed E-state index contributed by atoms with van der Waals surface area (Å²) in [7, 11) is 0. The Hall–Kier alpha value is -1.32. The lowest BCUT2D eigenvalue weighted by atomic mass is 10.1. The summed E-state index contributed by atoms with van der Waals surface area (Å²) in [6, 6.07) is 10.9. The Bertz CT molecular complexity index is 640. The van der Waals surface area contributed by atoms with Crippen molar-refractivity contribution in [1.82, 2.24) is 0 Å². The molecule has 2 aromatic rings. The van der Waals surface area contributed by atoms with Crippen LogP contribution < -0.4 is 5.32 Å². The third-order valence-corrected chi connectivity index (χ3v) is 3.95. The standard InChI is InChI=1S/C15H13BrClNO/c1-9-3-5-12(8-14(9)16)18-15(19)13-6-4-11(17)7-10(13)2/h3-8H,1-2H3,(H,18,19). The molecular weight excluding hydrogens is 326 g/mol. The molecule has 0 bridgehead atoms. The van der Waals surface area contributed by atoms with Crippen molar-refractivity contribution in [3.8, 4) is 0 Å². The Morgan fingerprint density at radius 3 is 2.47 bits per heavy atom. The molecule has 0 unspecified atom stereocenters. The topological polar surface area (TPSA) is 29.1 Å². The summed E-state index contributed by atoms with van der Waals surface area (Å²) in [5, 5.41) is 3.51. The van der Waals surface area contributed by atoms with E-state index in [2.05, 4.69) is 21.2 Å². The highest BCUT2D eigenvalue weighted by atomic mass is 79.9. The van der Waals surface area contributed by atoms with Crippen molar-refractivity contribution in [2.75, 3.05) is 5.32 Å². The predicted octanol–water partition coefficient (Wildman–Crippen LogP) is 4.97. The molecule has 19 heavy (non-hydrogen) atoms. The Kier molecular flexibility index (Phi) is 4.27. The third-order valence-electron chi connectivity index (χ3n) is 2.86. The number of carbonyl (C=O) groups excluding carboxylic acids is 1. The average molecular weight is 339 g/mol. The number of benzene rings is 2. The van der Waals surface area contributed by atoms with Gasteiger partial charge in [-0.25, -0.2) is 0 Å². The first kappa shape index (κ1) is 14.1. The van der Waals surface area contributed by atoms with Gasteiger partial charge in [0.2, 0.25) is 0 Å². The number of hydrogen-bond donors (Lipinski definition) is 1. The highest BCUT2D eigenvalue weighted by Crippen LogP contribution is 2.22. The van der Waals surface area contributed by atoms with Crippen LogP contribution in [0.25, 0.3) is 0 Å². The van der Waals surface area contributed by atoms with Crippen LogP contribution in [0.4, 0.5) is 5.69 Å². The first-order valence-corrected chi connectivity index (χ1v) is 6.98. The van der Waals surface area contributed by atoms with Crippen LogP contribution in [-0.2, 0) is 0 Å². The zero-order chi connectivity index (χ0) is 14.0. The maximum absolute atomic E-state index is 12.2. The maximum Gasteiger partial charge on any atom is 0.255 e. The van der Waals surface area contributed by atoms with Gasteiger partial charge < -0.3 is 5.32 Å². The van der Waals surface area contributed by atoms with Crippen LogP contribution in [0.15, 0.2) is 40.9 Å². The number of nitrogens with one attached hydrogen (secondary N) is 1. The zero-order valence-corrected chi connectivity index (χ0v) is 13.0. The number of hydrogen-bond acceptors (Lipinski definition) is 1. The van der Waals surface area contributed by atoms with E-state index >= 15 is 0 Å². The molecule has 0 atom stereocenters. The molecule has 0 fully saturated rings. The Morgan fingerprint density at radius 2 is 1.84 bits per heavy atom. The summed E-state index contributed by atoms with van der Waals surface area (Å²) in [6.07, 6.45) is 0. The van der Waals surface area contributed by atoms with Gasteiger partial charge in [0, 0.05) is 20.7 Å². The van der Waals surface area contributed by atoms with Crippen molar-refractivity contribution in [1.29, 1.82) is 0 Å². The van der Waals surface area contributed by atoms with Crippen LogP contribution in [0.5, 0.6) is 0 Å². The molecule has 0 heterocycles. The van der Waals surface area contributed by atoms with Gasteiger partial charge in [-0.15, -0.1) is 0 Å². The van der Waals surface area contributed by atoms with Crippen molar-refractivity contribution in [3.63, 3.8) is 0 Å². The normalized spacial score (nSPS) is 10.3. The van der Waals surface area contributed by atoms with Crippen LogP contribution in [0.2, 0.25) is 5.02 Å². The summed E-state index contributed by atoms with van der Waals surface area (Å²) in [5.74, 6) is -0.134. The summed E-state index contributed by atoms with van der Waals surface area (Å²) >= 11 is 9.33. The van der Waals surface area contributed by atoms with E-state index in [1.807, 2.05) is 32.0 Å². The van der Waals surface area contributed by atoms with Gasteiger partial charge in [-0.1, -0.05) is 33.6 Å². The Morgan fingerprint density at radius 1 is 1.11 bits per heavy atom. The molecule has 0 saturated carbocycles. The fourth-order valence-corrected chi connectivity index (χ4v) is 2.36. The first-order valence-electron chi connectivity index (χ1n) is 5.81. The predicted molar refractivity (Wildman–Crippen MR) is 83.0 cm³/mol. The van der Waals surface area contributed by atoms with Crippen molar-refractivity contribution >= 4 is 39.1 Å². The summed E-state index contributed by atoms with van der Waals surface area (Å²) in [6.45, 7) is 3.87. The van der Waals surface area contributed by atoms with E-state index in [4.69, 9.17) is 11.6 Å². The minimum Gasteiger partial charge on any atom is -0.322 e. The molecule has 2 rings (SSSR count). The van der Waals surface area contributed by atoms with E-state index in [1.54, 1.807) is 18.2 Å². The quantitative estimate of drug-likeness (QED) is 0.823. The monoisotopic (exact) mass is 337 g/mol. The lowest BCUT2D eigenvalue weighted by Gasteiger charge is -2.09. The molecule has 1 amide bonds. The van der Waals surface area contributed by atoms with Crippen molar-refractivity contribution < 1.29 is 4.79 Å². The van der Waals surface area contributed by atoms with Gasteiger partial charge >= 0.3 is 0 Å². The van der Waals surface area contributed by atoms with Gasteiger partial charge in [-0.3, -0.25) is 4.79 Å². The molecule has 0 spiro atoms. The highest BCUT2D eigenvalue weighted by Gasteiger charge is 2.10. The number of halogens is 2. The van der Waals surface area contributed by atoms with Crippen LogP contribution in [-0.4, -0.2) is 5.91 Å². The second-order valence-corrected chi connectivity index (χ2v) is 5.67. The maximum atomic E-state index is 12.2. The third kappa shape index (κ3) is 3.37. The largest absolute Gasteiger partial charge is 0.322 e. The van der Waals surface area contributed by atoms with Crippen molar-refractivity contribution in [2.45, 2.75) is 13.8 Å². The lowest BCUT2D eigenvalue weighted by Crippen LogP contribution is -2.13. The van der Waals surface area contributed by atoms with E-state index in [-0.39, 0.29) is 5.91 Å². The zero-order valence-electron chi connectivity index (χ0n) is 10.6. The fraction of sp³-hybridized carbons (Fsp3) is 0.133. The molecule has 0 aliphatic heterocycles. The molecule has 2 aromatic carbocycles. The fourth-order valence-electron chi connectivity index (χ4n) is 1.75. The van der Waals surface area contributed by atoms with Gasteiger partial charge in [0.25, 0.3) is 5.91 Å². The van der Waals surface area contributed by atoms with Gasteiger partial charge in [0.1, 0.15) is 0 Å². The number of rotatable bonds is 2. The van der Waals surface area contributed by atoms with Crippen LogP contribution >= 0.6 is 27.5 Å². The van der Waals surface area contributed by atoms with Gasteiger partial charge in [-0.05, 0) is 55.3 Å². The molecule has 0 aliphatic rings. The lowest BCUT2D eigenvalue weighted by molar-refractivity contribution is 0.102. The van der Waals surface area contributed by atoms with E-state index in [0.717, 1.165) is 21.3 Å². The SMILES string of the molecule is Cc1ccc(NC(=O)c2ccc(Cl)cc2C)cc1Br. The molecule has 4 heteroatoms. The number of carbonyl (C=O) groups is 1. The highest BCUT2D eigenvalue weighted by molar-refractivity contribution is 9.10. The smallest absolute Gasteiger partial charge is 0.255 e. The van der Waals surface area contributed by atoms with Crippen LogP contribution in [0, 0.1) is 13.8 Å². The van der Waals surface area contributed by atoms with Crippen molar-refractivity contribution in [3.05, 3.63) is 62.6 Å².